The molecule has 1 rings (SSSR count). The maximum atomic E-state index is 13.2. The van der Waals surface area contributed by atoms with Crippen molar-refractivity contribution in [2.24, 2.45) is 0 Å². The molecule has 0 N–H and O–H groups in total. The summed E-state index contributed by atoms with van der Waals surface area (Å²) >= 11 is 3.18. The molecule has 0 radical (unpaired) electrons. The van der Waals surface area contributed by atoms with Gasteiger partial charge >= 0.3 is 6.61 Å². The number of alkyl halides is 3. The summed E-state index contributed by atoms with van der Waals surface area (Å²) < 4.78 is 40.8. The maximum absolute atomic E-state index is 13.2. The van der Waals surface area contributed by atoms with E-state index in [2.05, 4.69) is 20.7 Å². The van der Waals surface area contributed by atoms with E-state index in [4.69, 9.17) is 0 Å². The quantitative estimate of drug-likeness (QED) is 0.756. The van der Waals surface area contributed by atoms with Crippen LogP contribution in [0.4, 0.5) is 13.2 Å². The fourth-order valence-corrected chi connectivity index (χ4v) is 1.38. The summed E-state index contributed by atoms with van der Waals surface area (Å²) in [5.41, 5.74) is 0.409. The van der Waals surface area contributed by atoms with Crippen molar-refractivity contribution >= 4 is 15.9 Å². The Kier molecular flexibility index (Phi) is 3.80. The normalized spacial score (nSPS) is 13.0. The molecule has 0 saturated carbocycles. The van der Waals surface area contributed by atoms with Crippen LogP contribution in [0.25, 0.3) is 0 Å². The second-order valence-electron chi connectivity index (χ2n) is 2.68. The number of hydrogen-bond donors (Lipinski definition) is 0. The fraction of sp³-hybridized carbons (Fsp3) is 0.333. The predicted octanol–water partition coefficient (Wildman–Crippen LogP) is 3.88. The van der Waals surface area contributed by atoms with Crippen molar-refractivity contribution in [2.75, 3.05) is 0 Å². The predicted molar refractivity (Wildman–Crippen MR) is 50.4 cm³/mol. The molecule has 1 aromatic carbocycles. The minimum absolute atomic E-state index is 0.164. The summed E-state index contributed by atoms with van der Waals surface area (Å²) in [6, 6.07) is 3.66. The zero-order valence-electron chi connectivity index (χ0n) is 7.31. The Morgan fingerprint density at radius 3 is 2.43 bits per heavy atom. The van der Waals surface area contributed by atoms with E-state index < -0.39 is 12.4 Å². The van der Waals surface area contributed by atoms with Crippen LogP contribution >= 0.6 is 15.9 Å². The summed E-state index contributed by atoms with van der Waals surface area (Å²) in [5.74, 6) is -0.734. The van der Waals surface area contributed by atoms with Crippen LogP contribution in [0.1, 0.15) is 17.3 Å². The Hall–Kier alpha value is -0.710. The highest BCUT2D eigenvalue weighted by atomic mass is 79.9. The second kappa shape index (κ2) is 4.68. The first-order valence-corrected chi connectivity index (χ1v) is 4.80. The monoisotopic (exact) mass is 268 g/mol. The molecule has 1 unspecified atom stereocenters. The van der Waals surface area contributed by atoms with Crippen LogP contribution in [-0.2, 0) is 0 Å². The molecule has 5 heteroatoms. The molecule has 0 aliphatic carbocycles. The van der Waals surface area contributed by atoms with E-state index >= 15 is 0 Å². The number of ether oxygens (including phenoxy) is 1. The third-order valence-corrected chi connectivity index (χ3v) is 2.12. The highest BCUT2D eigenvalue weighted by Gasteiger charge is 2.10. The molecular formula is C9H8BrF3O. The average molecular weight is 269 g/mol. The first-order chi connectivity index (χ1) is 6.50. The van der Waals surface area contributed by atoms with E-state index in [1.54, 1.807) is 6.92 Å². The highest BCUT2D eigenvalue weighted by molar-refractivity contribution is 9.09. The summed E-state index contributed by atoms with van der Waals surface area (Å²) in [6.07, 6.45) is 0. The van der Waals surface area contributed by atoms with Crippen molar-refractivity contribution in [1.29, 1.82) is 0 Å². The molecule has 0 amide bonds. The van der Waals surface area contributed by atoms with Crippen LogP contribution in [0, 0.1) is 5.82 Å². The first-order valence-electron chi connectivity index (χ1n) is 3.89. The molecule has 1 aromatic rings. The molecule has 0 spiro atoms. The SMILES string of the molecule is CC(Br)c1ccc(OC(F)F)cc1F. The zero-order chi connectivity index (χ0) is 10.7. The Morgan fingerprint density at radius 2 is 2.00 bits per heavy atom. The Morgan fingerprint density at radius 1 is 1.36 bits per heavy atom. The van der Waals surface area contributed by atoms with E-state index in [0.717, 1.165) is 6.07 Å². The molecule has 14 heavy (non-hydrogen) atoms. The van der Waals surface area contributed by atoms with Crippen molar-refractivity contribution in [2.45, 2.75) is 18.4 Å². The summed E-state index contributed by atoms with van der Waals surface area (Å²) in [4.78, 5) is -0.164. The minimum Gasteiger partial charge on any atom is -0.435 e. The molecule has 0 heterocycles. The van der Waals surface area contributed by atoms with E-state index in [-0.39, 0.29) is 10.6 Å². The number of hydrogen-bond acceptors (Lipinski definition) is 1. The molecule has 0 aliphatic heterocycles. The van der Waals surface area contributed by atoms with Gasteiger partial charge < -0.3 is 4.74 Å². The molecule has 1 nitrogen and oxygen atoms in total. The first kappa shape index (κ1) is 11.4. The van der Waals surface area contributed by atoms with Crippen LogP contribution in [0.2, 0.25) is 0 Å². The molecule has 0 bridgehead atoms. The molecule has 0 saturated heterocycles. The average Bonchev–Trinajstić information content (AvgIpc) is 2.01. The van der Waals surface area contributed by atoms with Gasteiger partial charge in [0.05, 0.1) is 0 Å². The number of halogens is 4. The third kappa shape index (κ3) is 2.90. The van der Waals surface area contributed by atoms with Crippen molar-refractivity contribution in [3.63, 3.8) is 0 Å². The number of rotatable bonds is 3. The Balaban J connectivity index is 2.89. The van der Waals surface area contributed by atoms with E-state index in [1.165, 1.54) is 12.1 Å². The van der Waals surface area contributed by atoms with Gasteiger partial charge in [0, 0.05) is 16.5 Å². The molecule has 1 atom stereocenters. The van der Waals surface area contributed by atoms with Gasteiger partial charge in [0.25, 0.3) is 0 Å². The lowest BCUT2D eigenvalue weighted by Gasteiger charge is -2.08. The number of benzene rings is 1. The highest BCUT2D eigenvalue weighted by Crippen LogP contribution is 2.27. The summed E-state index contributed by atoms with van der Waals surface area (Å²) in [6.45, 7) is -1.19. The van der Waals surface area contributed by atoms with E-state index in [9.17, 15) is 13.2 Å². The molecular weight excluding hydrogens is 261 g/mol. The van der Waals surface area contributed by atoms with Crippen LogP contribution in [0.15, 0.2) is 18.2 Å². The maximum Gasteiger partial charge on any atom is 0.387 e. The molecule has 0 aliphatic rings. The lowest BCUT2D eigenvalue weighted by molar-refractivity contribution is -0.0500. The topological polar surface area (TPSA) is 9.23 Å². The van der Waals surface area contributed by atoms with Crippen LogP contribution in [0.3, 0.4) is 0 Å². The van der Waals surface area contributed by atoms with Gasteiger partial charge in [-0.05, 0) is 13.0 Å². The molecule has 0 fully saturated rings. The largest absolute Gasteiger partial charge is 0.435 e. The van der Waals surface area contributed by atoms with Gasteiger partial charge in [0.1, 0.15) is 11.6 Å². The molecule has 0 aromatic heterocycles. The van der Waals surface area contributed by atoms with Crippen molar-refractivity contribution in [3.05, 3.63) is 29.6 Å². The lowest BCUT2D eigenvalue weighted by Crippen LogP contribution is -2.02. The van der Waals surface area contributed by atoms with Gasteiger partial charge in [0.2, 0.25) is 0 Å². The smallest absolute Gasteiger partial charge is 0.387 e. The van der Waals surface area contributed by atoms with Gasteiger partial charge in [0.15, 0.2) is 0 Å². The second-order valence-corrected chi connectivity index (χ2v) is 4.05. The minimum atomic E-state index is -2.93. The van der Waals surface area contributed by atoms with Crippen LogP contribution in [-0.4, -0.2) is 6.61 Å². The van der Waals surface area contributed by atoms with Gasteiger partial charge in [-0.25, -0.2) is 4.39 Å². The summed E-state index contributed by atoms with van der Waals surface area (Å²) in [7, 11) is 0. The van der Waals surface area contributed by atoms with Gasteiger partial charge in [-0.3, -0.25) is 0 Å². The Bertz CT molecular complexity index is 315. The standard InChI is InChI=1S/C9H8BrF3O/c1-5(10)7-3-2-6(4-8(7)11)14-9(12)13/h2-5,9H,1H3. The molecule has 78 valence electrons. The summed E-state index contributed by atoms with van der Waals surface area (Å²) in [5, 5.41) is 0. The van der Waals surface area contributed by atoms with Gasteiger partial charge in [-0.2, -0.15) is 8.78 Å². The van der Waals surface area contributed by atoms with Crippen LogP contribution in [0.5, 0.6) is 5.75 Å². The van der Waals surface area contributed by atoms with E-state index in [0.29, 0.717) is 5.56 Å². The van der Waals surface area contributed by atoms with Gasteiger partial charge in [-0.15, -0.1) is 0 Å². The van der Waals surface area contributed by atoms with Crippen LogP contribution < -0.4 is 4.74 Å². The fourth-order valence-electron chi connectivity index (χ4n) is 1.01. The van der Waals surface area contributed by atoms with Crippen molar-refractivity contribution in [3.8, 4) is 5.75 Å². The third-order valence-electron chi connectivity index (χ3n) is 1.63. The van der Waals surface area contributed by atoms with E-state index in [1.807, 2.05) is 0 Å². The van der Waals surface area contributed by atoms with Crippen molar-refractivity contribution < 1.29 is 17.9 Å². The lowest BCUT2D eigenvalue weighted by atomic mass is 10.1. The van der Waals surface area contributed by atoms with Gasteiger partial charge in [-0.1, -0.05) is 22.0 Å². The zero-order valence-corrected chi connectivity index (χ0v) is 8.89. The Labute approximate surface area is 88.0 Å². The van der Waals surface area contributed by atoms with Crippen molar-refractivity contribution in [1.82, 2.24) is 0 Å².